The molecule has 0 spiro atoms. The average Bonchev–Trinajstić information content (AvgIpc) is 3.12. The normalized spacial score (nSPS) is 10.2. The van der Waals surface area contributed by atoms with Crippen LogP contribution < -0.4 is 4.74 Å². The number of aromatic nitrogens is 1. The zero-order valence-electron chi connectivity index (χ0n) is 12.7. The summed E-state index contributed by atoms with van der Waals surface area (Å²) in [5.74, 6) is -0.257. The molecule has 6 heteroatoms. The standard InChI is InChI=1S/C18H12N2O3S/c1-23-14-5-2-11(3-6-14)15-7-4-12(8-13(15)9-19)17-20-10-16(24-17)18(21)22/h2-8,10H,1H3,(H,21,22). The lowest BCUT2D eigenvalue weighted by molar-refractivity contribution is 0.0702. The van der Waals surface area contributed by atoms with E-state index in [9.17, 15) is 10.1 Å². The topological polar surface area (TPSA) is 83.2 Å². The molecule has 0 unspecified atom stereocenters. The van der Waals surface area contributed by atoms with Crippen LogP contribution in [0.1, 0.15) is 15.2 Å². The van der Waals surface area contributed by atoms with Crippen molar-refractivity contribution in [3.8, 4) is 33.5 Å². The summed E-state index contributed by atoms with van der Waals surface area (Å²) in [6.45, 7) is 0. The fraction of sp³-hybridized carbons (Fsp3) is 0.0556. The van der Waals surface area contributed by atoms with Crippen LogP contribution in [0.5, 0.6) is 5.75 Å². The molecule has 0 aliphatic carbocycles. The molecule has 5 nitrogen and oxygen atoms in total. The number of carboxylic acids is 1. The van der Waals surface area contributed by atoms with Gasteiger partial charge in [0, 0.05) is 5.56 Å². The van der Waals surface area contributed by atoms with E-state index in [0.717, 1.165) is 33.8 Å². The van der Waals surface area contributed by atoms with E-state index in [1.54, 1.807) is 13.2 Å². The molecule has 2 aromatic carbocycles. The third-order valence-corrected chi connectivity index (χ3v) is 4.54. The average molecular weight is 336 g/mol. The van der Waals surface area contributed by atoms with Crippen molar-refractivity contribution < 1.29 is 14.6 Å². The van der Waals surface area contributed by atoms with Crippen LogP contribution in [0.4, 0.5) is 0 Å². The van der Waals surface area contributed by atoms with Gasteiger partial charge in [0.2, 0.25) is 0 Å². The quantitative estimate of drug-likeness (QED) is 0.777. The Morgan fingerprint density at radius 3 is 2.50 bits per heavy atom. The van der Waals surface area contributed by atoms with Gasteiger partial charge in [0.25, 0.3) is 0 Å². The predicted octanol–water partition coefficient (Wildman–Crippen LogP) is 4.06. The van der Waals surface area contributed by atoms with Gasteiger partial charge in [0.1, 0.15) is 15.6 Å². The molecule has 24 heavy (non-hydrogen) atoms. The van der Waals surface area contributed by atoms with Gasteiger partial charge in [-0.1, -0.05) is 24.3 Å². The molecule has 0 saturated carbocycles. The van der Waals surface area contributed by atoms with Crippen molar-refractivity contribution >= 4 is 17.3 Å². The first-order valence-electron chi connectivity index (χ1n) is 7.00. The molecular weight excluding hydrogens is 324 g/mol. The van der Waals surface area contributed by atoms with Crippen LogP contribution in [0.2, 0.25) is 0 Å². The summed E-state index contributed by atoms with van der Waals surface area (Å²) in [7, 11) is 1.60. The van der Waals surface area contributed by atoms with Crippen molar-refractivity contribution in [2.75, 3.05) is 7.11 Å². The molecule has 1 aromatic heterocycles. The van der Waals surface area contributed by atoms with Crippen LogP contribution in [-0.2, 0) is 0 Å². The minimum absolute atomic E-state index is 0.169. The summed E-state index contributed by atoms with van der Waals surface area (Å²) >= 11 is 1.08. The van der Waals surface area contributed by atoms with Gasteiger partial charge < -0.3 is 9.84 Å². The van der Waals surface area contributed by atoms with Crippen molar-refractivity contribution in [3.05, 3.63) is 59.1 Å². The number of benzene rings is 2. The maximum absolute atomic E-state index is 11.0. The predicted molar refractivity (Wildman–Crippen MR) is 91.2 cm³/mol. The van der Waals surface area contributed by atoms with Gasteiger partial charge in [-0.15, -0.1) is 11.3 Å². The molecule has 0 fully saturated rings. The van der Waals surface area contributed by atoms with E-state index in [2.05, 4.69) is 11.1 Å². The van der Waals surface area contributed by atoms with Gasteiger partial charge in [-0.2, -0.15) is 5.26 Å². The molecule has 0 aliphatic rings. The molecule has 1 N–H and O–H groups in total. The highest BCUT2D eigenvalue weighted by atomic mass is 32.1. The highest BCUT2D eigenvalue weighted by Crippen LogP contribution is 2.31. The molecule has 0 radical (unpaired) electrons. The van der Waals surface area contributed by atoms with Crippen molar-refractivity contribution in [1.82, 2.24) is 4.98 Å². The number of thiazole rings is 1. The summed E-state index contributed by atoms with van der Waals surface area (Å²) in [5.41, 5.74) is 2.94. The zero-order chi connectivity index (χ0) is 17.1. The molecule has 1 heterocycles. The number of hydrogen-bond acceptors (Lipinski definition) is 5. The van der Waals surface area contributed by atoms with Crippen molar-refractivity contribution in [1.29, 1.82) is 5.26 Å². The lowest BCUT2D eigenvalue weighted by Gasteiger charge is -2.07. The van der Waals surface area contributed by atoms with E-state index in [-0.39, 0.29) is 4.88 Å². The Bertz CT molecular complexity index is 940. The highest BCUT2D eigenvalue weighted by Gasteiger charge is 2.12. The van der Waals surface area contributed by atoms with Gasteiger partial charge in [-0.25, -0.2) is 9.78 Å². The first-order chi connectivity index (χ1) is 11.6. The van der Waals surface area contributed by atoms with Crippen LogP contribution in [-0.4, -0.2) is 23.2 Å². The Balaban J connectivity index is 2.01. The number of ether oxygens (including phenoxy) is 1. The lowest BCUT2D eigenvalue weighted by atomic mass is 9.98. The Labute approximate surface area is 142 Å². The van der Waals surface area contributed by atoms with Gasteiger partial charge in [-0.05, 0) is 29.3 Å². The Morgan fingerprint density at radius 2 is 1.92 bits per heavy atom. The summed E-state index contributed by atoms with van der Waals surface area (Å²) in [6.07, 6.45) is 1.33. The number of nitrogens with zero attached hydrogens (tertiary/aromatic N) is 2. The summed E-state index contributed by atoms with van der Waals surface area (Å²) in [5, 5.41) is 19.0. The van der Waals surface area contributed by atoms with E-state index in [4.69, 9.17) is 9.84 Å². The number of carbonyl (C=O) groups is 1. The maximum Gasteiger partial charge on any atom is 0.347 e. The van der Waals surface area contributed by atoms with E-state index < -0.39 is 5.97 Å². The van der Waals surface area contributed by atoms with Gasteiger partial charge in [0.15, 0.2) is 0 Å². The zero-order valence-corrected chi connectivity index (χ0v) is 13.5. The summed E-state index contributed by atoms with van der Waals surface area (Å²) in [4.78, 5) is 15.3. The SMILES string of the molecule is COc1ccc(-c2ccc(-c3ncc(C(=O)O)s3)cc2C#N)cc1. The van der Waals surface area contributed by atoms with Gasteiger partial charge in [-0.3, -0.25) is 0 Å². The number of carboxylic acid groups (broad SMARTS) is 1. The van der Waals surface area contributed by atoms with Crippen LogP contribution in [0, 0.1) is 11.3 Å². The number of rotatable bonds is 4. The third kappa shape index (κ3) is 2.98. The Hall–Kier alpha value is -3.17. The second kappa shape index (κ2) is 6.52. The smallest absolute Gasteiger partial charge is 0.347 e. The Kier molecular flexibility index (Phi) is 4.27. The second-order valence-electron chi connectivity index (χ2n) is 4.94. The highest BCUT2D eigenvalue weighted by molar-refractivity contribution is 7.16. The third-order valence-electron chi connectivity index (χ3n) is 3.50. The molecule has 0 saturated heterocycles. The minimum atomic E-state index is -1.01. The fourth-order valence-electron chi connectivity index (χ4n) is 2.30. The van der Waals surface area contributed by atoms with Crippen molar-refractivity contribution in [2.24, 2.45) is 0 Å². The lowest BCUT2D eigenvalue weighted by Crippen LogP contribution is -1.89. The van der Waals surface area contributed by atoms with Crippen LogP contribution >= 0.6 is 11.3 Å². The van der Waals surface area contributed by atoms with Crippen LogP contribution in [0.15, 0.2) is 48.7 Å². The fourth-order valence-corrected chi connectivity index (χ4v) is 3.05. The summed E-state index contributed by atoms with van der Waals surface area (Å²) in [6, 6.07) is 15.1. The molecule has 3 aromatic rings. The van der Waals surface area contributed by atoms with E-state index in [1.165, 1.54) is 6.20 Å². The van der Waals surface area contributed by atoms with Crippen LogP contribution in [0.25, 0.3) is 21.7 Å². The molecule has 3 rings (SSSR count). The number of aromatic carboxylic acids is 1. The first-order valence-corrected chi connectivity index (χ1v) is 7.82. The number of hydrogen-bond donors (Lipinski definition) is 1. The number of methoxy groups -OCH3 is 1. The molecule has 0 amide bonds. The van der Waals surface area contributed by atoms with Crippen LogP contribution in [0.3, 0.4) is 0 Å². The number of nitriles is 1. The van der Waals surface area contributed by atoms with Crippen molar-refractivity contribution in [3.63, 3.8) is 0 Å². The molecule has 0 aliphatic heterocycles. The second-order valence-corrected chi connectivity index (χ2v) is 5.97. The molecular formula is C18H12N2O3S. The van der Waals surface area contributed by atoms with E-state index >= 15 is 0 Å². The Morgan fingerprint density at radius 1 is 1.21 bits per heavy atom. The maximum atomic E-state index is 11.0. The van der Waals surface area contributed by atoms with Crippen molar-refractivity contribution in [2.45, 2.75) is 0 Å². The summed E-state index contributed by atoms with van der Waals surface area (Å²) < 4.78 is 5.14. The molecule has 0 atom stereocenters. The monoisotopic (exact) mass is 336 g/mol. The van der Waals surface area contributed by atoms with Gasteiger partial charge >= 0.3 is 5.97 Å². The minimum Gasteiger partial charge on any atom is -0.497 e. The first kappa shape index (κ1) is 15.7. The largest absolute Gasteiger partial charge is 0.497 e. The molecule has 0 bridgehead atoms. The van der Waals surface area contributed by atoms with Gasteiger partial charge in [0.05, 0.1) is 24.9 Å². The van der Waals surface area contributed by atoms with E-state index in [1.807, 2.05) is 36.4 Å². The van der Waals surface area contributed by atoms with E-state index in [0.29, 0.717) is 10.6 Å². The molecule has 118 valence electrons.